The largest absolute Gasteiger partial charge is 0.406 e. The van der Waals surface area contributed by atoms with Crippen LogP contribution < -0.4 is 5.32 Å². The fraction of sp³-hybridized carbons (Fsp3) is 0.462. The molecule has 6 heteroatoms. The van der Waals surface area contributed by atoms with E-state index in [1.165, 1.54) is 7.05 Å². The molecule has 0 radical (unpaired) electrons. The second-order valence-electron chi connectivity index (χ2n) is 4.64. The van der Waals surface area contributed by atoms with Crippen LogP contribution in [0.25, 0.3) is 0 Å². The van der Waals surface area contributed by atoms with Crippen molar-refractivity contribution in [2.45, 2.75) is 19.0 Å². The first-order valence-electron chi connectivity index (χ1n) is 6.06. The number of alkyl halides is 3. The summed E-state index contributed by atoms with van der Waals surface area (Å²) in [6, 6.07) is 5.11. The lowest BCUT2D eigenvalue weighted by Crippen LogP contribution is -2.36. The molecule has 1 amide bonds. The summed E-state index contributed by atoms with van der Waals surface area (Å²) in [6.07, 6.45) is -2.79. The number of anilines is 1. The first kappa shape index (κ1) is 13.7. The highest BCUT2D eigenvalue weighted by molar-refractivity contribution is 5.97. The molecule has 0 spiro atoms. The maximum Gasteiger partial charge on any atom is 0.406 e. The third-order valence-corrected chi connectivity index (χ3v) is 3.09. The number of rotatable bonds is 2. The number of nitrogens with zero attached hydrogens (tertiary/aromatic N) is 1. The molecule has 0 fully saturated rings. The minimum atomic E-state index is -4.38. The van der Waals surface area contributed by atoms with Gasteiger partial charge in [-0.05, 0) is 30.5 Å². The topological polar surface area (TPSA) is 32.3 Å². The summed E-state index contributed by atoms with van der Waals surface area (Å²) >= 11 is 0. The Morgan fingerprint density at radius 1 is 1.42 bits per heavy atom. The zero-order valence-corrected chi connectivity index (χ0v) is 10.5. The summed E-state index contributed by atoms with van der Waals surface area (Å²) in [7, 11) is 1.17. The number of hydrogen-bond acceptors (Lipinski definition) is 2. The molecular formula is C13H15F3N2O. The lowest BCUT2D eigenvalue weighted by molar-refractivity contribution is -0.138. The smallest absolute Gasteiger partial charge is 0.385 e. The standard InChI is InChI=1S/C13H15F3N2O/c1-18(8-13(14,15)16)12(19)10-4-2-6-11-9(10)5-3-7-17-11/h2,4,6,17H,3,5,7-8H2,1H3. The normalized spacial score (nSPS) is 14.5. The number of carbonyl (C=O) groups excluding carboxylic acids is 1. The van der Waals surface area contributed by atoms with E-state index in [9.17, 15) is 18.0 Å². The number of fused-ring (bicyclic) bond motifs is 1. The van der Waals surface area contributed by atoms with Crippen molar-refractivity contribution in [1.82, 2.24) is 4.90 Å². The lowest BCUT2D eigenvalue weighted by Gasteiger charge is -2.24. The Morgan fingerprint density at radius 2 is 2.16 bits per heavy atom. The summed E-state index contributed by atoms with van der Waals surface area (Å²) in [5.41, 5.74) is 2.02. The second kappa shape index (κ2) is 5.11. The van der Waals surface area contributed by atoms with E-state index < -0.39 is 18.6 Å². The van der Waals surface area contributed by atoms with Crippen molar-refractivity contribution in [3.8, 4) is 0 Å². The van der Waals surface area contributed by atoms with Crippen LogP contribution in [0, 0.1) is 0 Å². The molecule has 1 N–H and O–H groups in total. The van der Waals surface area contributed by atoms with Gasteiger partial charge in [0.05, 0.1) is 0 Å². The molecule has 1 heterocycles. The van der Waals surface area contributed by atoms with Gasteiger partial charge in [-0.3, -0.25) is 4.79 Å². The fourth-order valence-corrected chi connectivity index (χ4v) is 2.26. The van der Waals surface area contributed by atoms with Crippen molar-refractivity contribution in [2.75, 3.05) is 25.5 Å². The second-order valence-corrected chi connectivity index (χ2v) is 4.64. The molecule has 2 rings (SSSR count). The summed E-state index contributed by atoms with van der Waals surface area (Å²) in [4.78, 5) is 12.8. The number of amides is 1. The van der Waals surface area contributed by atoms with E-state index in [0.29, 0.717) is 16.9 Å². The summed E-state index contributed by atoms with van der Waals surface area (Å²) in [5.74, 6) is -0.585. The zero-order valence-electron chi connectivity index (χ0n) is 10.5. The van der Waals surface area contributed by atoms with Crippen molar-refractivity contribution in [2.24, 2.45) is 0 Å². The van der Waals surface area contributed by atoms with Gasteiger partial charge in [0.25, 0.3) is 5.91 Å². The van der Waals surface area contributed by atoms with E-state index >= 15 is 0 Å². The molecule has 0 atom stereocenters. The number of benzene rings is 1. The van der Waals surface area contributed by atoms with Crippen molar-refractivity contribution in [3.05, 3.63) is 29.3 Å². The molecule has 0 unspecified atom stereocenters. The zero-order chi connectivity index (χ0) is 14.0. The Morgan fingerprint density at radius 3 is 2.84 bits per heavy atom. The third kappa shape index (κ3) is 3.19. The Labute approximate surface area is 109 Å². The molecule has 104 valence electrons. The van der Waals surface area contributed by atoms with Crippen molar-refractivity contribution < 1.29 is 18.0 Å². The molecule has 0 saturated carbocycles. The van der Waals surface area contributed by atoms with Crippen molar-refractivity contribution >= 4 is 11.6 Å². The number of halogens is 3. The summed E-state index contributed by atoms with van der Waals surface area (Å²) < 4.78 is 36.9. The van der Waals surface area contributed by atoms with Gasteiger partial charge in [-0.15, -0.1) is 0 Å². The summed E-state index contributed by atoms with van der Waals surface area (Å²) in [5, 5.41) is 3.15. The Hall–Kier alpha value is -1.72. The van der Waals surface area contributed by atoms with Gasteiger partial charge < -0.3 is 10.2 Å². The maximum absolute atomic E-state index is 12.3. The van der Waals surface area contributed by atoms with Gasteiger partial charge in [-0.1, -0.05) is 6.07 Å². The van der Waals surface area contributed by atoms with E-state index in [1.54, 1.807) is 12.1 Å². The highest BCUT2D eigenvalue weighted by Gasteiger charge is 2.32. The Bertz CT molecular complexity index is 485. The Balaban J connectivity index is 2.24. The van der Waals surface area contributed by atoms with Gasteiger partial charge in [0.1, 0.15) is 6.54 Å². The monoisotopic (exact) mass is 272 g/mol. The molecule has 1 aromatic carbocycles. The molecule has 1 aromatic rings. The van der Waals surface area contributed by atoms with E-state index in [0.717, 1.165) is 24.2 Å². The highest BCUT2D eigenvalue weighted by atomic mass is 19.4. The van der Waals surface area contributed by atoms with Crippen LogP contribution in [-0.2, 0) is 6.42 Å². The van der Waals surface area contributed by atoms with Gasteiger partial charge in [0.15, 0.2) is 0 Å². The molecule has 0 aromatic heterocycles. The Kier molecular flexibility index (Phi) is 3.68. The van der Waals surface area contributed by atoms with Gasteiger partial charge >= 0.3 is 6.18 Å². The first-order valence-corrected chi connectivity index (χ1v) is 6.06. The van der Waals surface area contributed by atoms with E-state index in [2.05, 4.69) is 5.32 Å². The minimum absolute atomic E-state index is 0.358. The maximum atomic E-state index is 12.3. The SMILES string of the molecule is CN(CC(F)(F)F)C(=O)c1cccc2c1CCCN2. The van der Waals surface area contributed by atoms with E-state index in [1.807, 2.05) is 6.07 Å². The number of nitrogens with one attached hydrogen (secondary N) is 1. The first-order chi connectivity index (χ1) is 8.88. The minimum Gasteiger partial charge on any atom is -0.385 e. The molecule has 19 heavy (non-hydrogen) atoms. The van der Waals surface area contributed by atoms with Crippen LogP contribution in [0.5, 0.6) is 0 Å². The number of hydrogen-bond donors (Lipinski definition) is 1. The predicted octanol–water partition coefficient (Wildman–Crippen LogP) is 2.68. The third-order valence-electron chi connectivity index (χ3n) is 3.09. The van der Waals surface area contributed by atoms with Crippen LogP contribution in [-0.4, -0.2) is 37.1 Å². The molecule has 3 nitrogen and oxygen atoms in total. The van der Waals surface area contributed by atoms with Crippen molar-refractivity contribution in [1.29, 1.82) is 0 Å². The highest BCUT2D eigenvalue weighted by Crippen LogP contribution is 2.26. The van der Waals surface area contributed by atoms with Gasteiger partial charge in [0.2, 0.25) is 0 Å². The average Bonchev–Trinajstić information content (AvgIpc) is 2.35. The van der Waals surface area contributed by atoms with Crippen LogP contribution >= 0.6 is 0 Å². The van der Waals surface area contributed by atoms with Gasteiger partial charge in [0, 0.05) is 24.8 Å². The number of carbonyl (C=O) groups is 1. The van der Waals surface area contributed by atoms with Crippen LogP contribution in [0.3, 0.4) is 0 Å². The fourth-order valence-electron chi connectivity index (χ4n) is 2.26. The van der Waals surface area contributed by atoms with Gasteiger partial charge in [-0.25, -0.2) is 0 Å². The predicted molar refractivity (Wildman–Crippen MR) is 66.3 cm³/mol. The van der Waals surface area contributed by atoms with Crippen molar-refractivity contribution in [3.63, 3.8) is 0 Å². The summed E-state index contributed by atoms with van der Waals surface area (Å²) in [6.45, 7) is -0.411. The van der Waals surface area contributed by atoms with E-state index in [4.69, 9.17) is 0 Å². The van der Waals surface area contributed by atoms with Crippen LogP contribution in [0.4, 0.5) is 18.9 Å². The molecular weight excluding hydrogens is 257 g/mol. The molecule has 0 bridgehead atoms. The lowest BCUT2D eigenvalue weighted by atomic mass is 9.97. The van der Waals surface area contributed by atoms with Crippen LogP contribution in [0.1, 0.15) is 22.3 Å². The molecule has 0 saturated heterocycles. The average molecular weight is 272 g/mol. The van der Waals surface area contributed by atoms with E-state index in [-0.39, 0.29) is 0 Å². The van der Waals surface area contributed by atoms with Gasteiger partial charge in [-0.2, -0.15) is 13.2 Å². The van der Waals surface area contributed by atoms with Crippen LogP contribution in [0.15, 0.2) is 18.2 Å². The quantitative estimate of drug-likeness (QED) is 0.897. The molecule has 0 aliphatic carbocycles. The van der Waals surface area contributed by atoms with Crippen LogP contribution in [0.2, 0.25) is 0 Å². The molecule has 1 aliphatic heterocycles. The molecule has 1 aliphatic rings.